The molecule has 8 heteroatoms. The van der Waals surface area contributed by atoms with Crippen molar-refractivity contribution in [1.82, 2.24) is 15.2 Å². The first kappa shape index (κ1) is 23.5. The van der Waals surface area contributed by atoms with Crippen molar-refractivity contribution in [2.75, 3.05) is 44.7 Å². The van der Waals surface area contributed by atoms with Crippen molar-refractivity contribution in [2.24, 2.45) is 0 Å². The summed E-state index contributed by atoms with van der Waals surface area (Å²) in [4.78, 5) is 19.0. The highest BCUT2D eigenvalue weighted by atomic mass is 16.6. The van der Waals surface area contributed by atoms with Gasteiger partial charge in [0.05, 0.1) is 18.1 Å². The molecule has 190 valence electrons. The predicted molar refractivity (Wildman–Crippen MR) is 145 cm³/mol. The lowest BCUT2D eigenvalue weighted by Gasteiger charge is -2.36. The van der Waals surface area contributed by atoms with Crippen molar-refractivity contribution >= 4 is 22.3 Å². The molecule has 6 rings (SSSR count). The second-order valence-electron chi connectivity index (χ2n) is 9.81. The molecule has 8 nitrogen and oxygen atoms in total. The first-order chi connectivity index (χ1) is 18.1. The fourth-order valence-electron chi connectivity index (χ4n) is 5.76. The van der Waals surface area contributed by atoms with E-state index < -0.39 is 0 Å². The smallest absolute Gasteiger partial charge is 0.269 e. The summed E-state index contributed by atoms with van der Waals surface area (Å²) in [6, 6.07) is 22.1. The van der Waals surface area contributed by atoms with E-state index in [4.69, 9.17) is 4.74 Å². The number of fused-ring (bicyclic) bond motifs is 3. The number of benzene rings is 3. The van der Waals surface area contributed by atoms with Crippen LogP contribution in [0.4, 0.5) is 11.4 Å². The minimum Gasteiger partial charge on any atom is -0.496 e. The largest absolute Gasteiger partial charge is 0.496 e. The van der Waals surface area contributed by atoms with E-state index in [1.54, 1.807) is 19.2 Å². The molecule has 0 radical (unpaired) electrons. The maximum atomic E-state index is 11.0. The Bertz CT molecular complexity index is 1420. The zero-order valence-corrected chi connectivity index (χ0v) is 20.9. The number of para-hydroxylation sites is 1. The number of anilines is 1. The lowest BCUT2D eigenvalue weighted by Crippen LogP contribution is -2.46. The van der Waals surface area contributed by atoms with E-state index in [9.17, 15) is 10.1 Å². The minimum atomic E-state index is -0.356. The van der Waals surface area contributed by atoms with Crippen LogP contribution in [0.2, 0.25) is 0 Å². The Hall–Kier alpha value is -3.88. The maximum Gasteiger partial charge on any atom is 0.269 e. The highest BCUT2D eigenvalue weighted by Gasteiger charge is 2.26. The van der Waals surface area contributed by atoms with Gasteiger partial charge in [0.15, 0.2) is 0 Å². The predicted octanol–water partition coefficient (Wildman–Crippen LogP) is 4.64. The number of H-pyrrole nitrogens is 1. The fraction of sp³-hybridized carbons (Fsp3) is 0.310. The van der Waals surface area contributed by atoms with Crippen LogP contribution in [0, 0.1) is 10.1 Å². The van der Waals surface area contributed by atoms with Crippen LogP contribution in [0.25, 0.3) is 10.9 Å². The summed E-state index contributed by atoms with van der Waals surface area (Å²) < 4.78 is 5.75. The SMILES string of the molecule is COc1ccc(C2NCCc3c2[nH]c2ccccc32)cc1CN1CCN(c2ccc([N+](=O)[O-])cc2)CC1. The van der Waals surface area contributed by atoms with Gasteiger partial charge in [0, 0.05) is 79.2 Å². The third-order valence-corrected chi connectivity index (χ3v) is 7.69. The molecule has 2 N–H and O–H groups in total. The Kier molecular flexibility index (Phi) is 6.28. The number of aromatic amines is 1. The van der Waals surface area contributed by atoms with Gasteiger partial charge in [0.25, 0.3) is 5.69 Å². The molecule has 4 aromatic rings. The number of ether oxygens (including phenoxy) is 1. The topological polar surface area (TPSA) is 86.7 Å². The zero-order chi connectivity index (χ0) is 25.4. The van der Waals surface area contributed by atoms with Crippen LogP contribution in [0.15, 0.2) is 66.7 Å². The van der Waals surface area contributed by atoms with Gasteiger partial charge >= 0.3 is 0 Å². The number of nitro benzene ring substituents is 1. The van der Waals surface area contributed by atoms with E-state index in [1.165, 1.54) is 33.3 Å². The average Bonchev–Trinajstić information content (AvgIpc) is 3.32. The normalized spacial score (nSPS) is 18.1. The summed E-state index contributed by atoms with van der Waals surface area (Å²) in [6.07, 6.45) is 1.03. The Morgan fingerprint density at radius 3 is 2.57 bits per heavy atom. The van der Waals surface area contributed by atoms with Gasteiger partial charge in [-0.1, -0.05) is 24.3 Å². The number of nitro groups is 1. The number of hydrogen-bond donors (Lipinski definition) is 2. The average molecular weight is 498 g/mol. The van der Waals surface area contributed by atoms with Gasteiger partial charge in [-0.3, -0.25) is 15.0 Å². The van der Waals surface area contributed by atoms with Crippen molar-refractivity contribution in [2.45, 2.75) is 19.0 Å². The minimum absolute atomic E-state index is 0.125. The molecule has 37 heavy (non-hydrogen) atoms. The van der Waals surface area contributed by atoms with Crippen LogP contribution in [-0.4, -0.2) is 54.6 Å². The van der Waals surface area contributed by atoms with Crippen molar-refractivity contribution in [3.8, 4) is 5.75 Å². The molecule has 0 bridgehead atoms. The Balaban J connectivity index is 1.19. The number of methoxy groups -OCH3 is 1. The summed E-state index contributed by atoms with van der Waals surface area (Å²) in [6.45, 7) is 5.35. The summed E-state index contributed by atoms with van der Waals surface area (Å²) in [5.41, 5.74) is 7.46. The third kappa shape index (κ3) is 4.54. The lowest BCUT2D eigenvalue weighted by molar-refractivity contribution is -0.384. The monoisotopic (exact) mass is 497 g/mol. The number of nitrogens with zero attached hydrogens (tertiary/aromatic N) is 3. The lowest BCUT2D eigenvalue weighted by atomic mass is 9.93. The molecule has 0 amide bonds. The van der Waals surface area contributed by atoms with Gasteiger partial charge in [0.2, 0.25) is 0 Å². The van der Waals surface area contributed by atoms with E-state index >= 15 is 0 Å². The molecule has 0 aliphatic carbocycles. The molecular formula is C29H31N5O3. The number of piperazine rings is 1. The van der Waals surface area contributed by atoms with Crippen molar-refractivity contribution in [3.63, 3.8) is 0 Å². The van der Waals surface area contributed by atoms with Crippen LogP contribution >= 0.6 is 0 Å². The quantitative estimate of drug-likeness (QED) is 0.298. The zero-order valence-electron chi connectivity index (χ0n) is 20.9. The first-order valence-corrected chi connectivity index (χ1v) is 12.8. The molecule has 1 atom stereocenters. The van der Waals surface area contributed by atoms with E-state index in [-0.39, 0.29) is 16.7 Å². The molecule has 1 saturated heterocycles. The molecule has 3 aromatic carbocycles. The summed E-state index contributed by atoms with van der Waals surface area (Å²) in [5.74, 6) is 0.911. The second kappa shape index (κ2) is 9.88. The van der Waals surface area contributed by atoms with Gasteiger partial charge < -0.3 is 19.9 Å². The molecule has 1 aromatic heterocycles. The fourth-order valence-corrected chi connectivity index (χ4v) is 5.76. The number of hydrogen-bond acceptors (Lipinski definition) is 6. The van der Waals surface area contributed by atoms with E-state index in [0.29, 0.717) is 0 Å². The van der Waals surface area contributed by atoms with E-state index in [1.807, 2.05) is 12.1 Å². The van der Waals surface area contributed by atoms with E-state index in [0.717, 1.165) is 57.1 Å². The summed E-state index contributed by atoms with van der Waals surface area (Å²) >= 11 is 0. The second-order valence-corrected chi connectivity index (χ2v) is 9.81. The number of aromatic nitrogens is 1. The van der Waals surface area contributed by atoms with Gasteiger partial charge in [-0.05, 0) is 47.9 Å². The van der Waals surface area contributed by atoms with Crippen molar-refractivity contribution < 1.29 is 9.66 Å². The number of non-ortho nitro benzene ring substituents is 1. The standard InChI is InChI=1S/C29H31N5O3/c1-37-27-11-6-20(28-29-25(12-13-30-28)24-4-2-3-5-26(24)31-29)18-21(27)19-32-14-16-33(17-15-32)22-7-9-23(10-8-22)34(35)36/h2-11,18,28,30-31H,12-17,19H2,1H3. The van der Waals surface area contributed by atoms with Crippen molar-refractivity contribution in [3.05, 3.63) is 99.2 Å². The Morgan fingerprint density at radius 2 is 1.81 bits per heavy atom. The van der Waals surface area contributed by atoms with Crippen LogP contribution < -0.4 is 15.0 Å². The van der Waals surface area contributed by atoms with Crippen LogP contribution in [0.1, 0.15) is 28.4 Å². The molecule has 1 unspecified atom stereocenters. The van der Waals surface area contributed by atoms with Crippen molar-refractivity contribution in [1.29, 1.82) is 0 Å². The van der Waals surface area contributed by atoms with Crippen LogP contribution in [-0.2, 0) is 13.0 Å². The van der Waals surface area contributed by atoms with Crippen LogP contribution in [0.5, 0.6) is 5.75 Å². The molecule has 2 aliphatic heterocycles. The molecule has 0 saturated carbocycles. The van der Waals surface area contributed by atoms with Crippen LogP contribution in [0.3, 0.4) is 0 Å². The molecule has 0 spiro atoms. The van der Waals surface area contributed by atoms with Gasteiger partial charge in [-0.15, -0.1) is 0 Å². The van der Waals surface area contributed by atoms with Gasteiger partial charge in [0.1, 0.15) is 5.75 Å². The molecule has 2 aliphatic rings. The van der Waals surface area contributed by atoms with E-state index in [2.05, 4.69) is 62.6 Å². The maximum absolute atomic E-state index is 11.0. The van der Waals surface area contributed by atoms with Gasteiger partial charge in [-0.25, -0.2) is 0 Å². The Morgan fingerprint density at radius 1 is 1.03 bits per heavy atom. The first-order valence-electron chi connectivity index (χ1n) is 12.8. The van der Waals surface area contributed by atoms with Gasteiger partial charge in [-0.2, -0.15) is 0 Å². The molecule has 3 heterocycles. The Labute approximate surface area is 216 Å². The molecular weight excluding hydrogens is 466 g/mol. The summed E-state index contributed by atoms with van der Waals surface area (Å²) in [7, 11) is 1.74. The third-order valence-electron chi connectivity index (χ3n) is 7.69. The summed E-state index contributed by atoms with van der Waals surface area (Å²) in [5, 5.41) is 16.0. The highest BCUT2D eigenvalue weighted by molar-refractivity contribution is 5.85. The molecule has 1 fully saturated rings. The number of nitrogens with one attached hydrogen (secondary N) is 2. The highest BCUT2D eigenvalue weighted by Crippen LogP contribution is 2.35. The number of rotatable bonds is 6.